The van der Waals surface area contributed by atoms with Crippen molar-refractivity contribution in [2.24, 2.45) is 5.92 Å². The van der Waals surface area contributed by atoms with Gasteiger partial charge in [-0.2, -0.15) is 0 Å². The number of carbonyl (C=O) groups excluding carboxylic acids is 1. The Morgan fingerprint density at radius 1 is 1.16 bits per heavy atom. The lowest BCUT2D eigenvalue weighted by Crippen LogP contribution is -2.32. The Kier molecular flexibility index (Phi) is 4.39. The quantitative estimate of drug-likeness (QED) is 0.797. The Bertz CT molecular complexity index is 882. The van der Waals surface area contributed by atoms with Crippen molar-refractivity contribution < 1.29 is 9.53 Å². The number of nitrogens with zero attached hydrogens (tertiary/aromatic N) is 2. The molecule has 3 aromatic rings. The predicted octanol–water partition coefficient (Wildman–Crippen LogP) is 3.02. The number of aromatic nitrogens is 2. The fourth-order valence-electron chi connectivity index (χ4n) is 3.25. The molecule has 0 saturated carbocycles. The van der Waals surface area contributed by atoms with Crippen molar-refractivity contribution in [3.8, 4) is 0 Å². The fraction of sp³-hybridized carbons (Fsp3) is 0.250. The van der Waals surface area contributed by atoms with Crippen LogP contribution in [0, 0.1) is 5.92 Å². The minimum absolute atomic E-state index is 0.00121. The first-order chi connectivity index (χ1) is 12.3. The summed E-state index contributed by atoms with van der Waals surface area (Å²) in [7, 11) is 0. The molecule has 126 valence electrons. The van der Waals surface area contributed by atoms with Crippen LogP contribution in [0.1, 0.15) is 23.8 Å². The molecule has 0 bridgehead atoms. The summed E-state index contributed by atoms with van der Waals surface area (Å²) in [5.74, 6) is -0.189. The zero-order valence-corrected chi connectivity index (χ0v) is 13.8. The lowest BCUT2D eigenvalue weighted by Gasteiger charge is -2.18. The minimum atomic E-state index is -0.224. The number of nitrogens with one attached hydrogen (secondary N) is 1. The van der Waals surface area contributed by atoms with Crippen LogP contribution in [0.4, 0.5) is 0 Å². The highest BCUT2D eigenvalue weighted by atomic mass is 16.5. The molecule has 0 unspecified atom stereocenters. The van der Waals surface area contributed by atoms with Crippen molar-refractivity contribution >= 4 is 16.8 Å². The van der Waals surface area contributed by atoms with Gasteiger partial charge in [-0.3, -0.25) is 14.8 Å². The van der Waals surface area contributed by atoms with Crippen molar-refractivity contribution in [3.05, 3.63) is 72.2 Å². The second-order valence-electron chi connectivity index (χ2n) is 6.19. The molecule has 5 heteroatoms. The lowest BCUT2D eigenvalue weighted by molar-refractivity contribution is -0.127. The van der Waals surface area contributed by atoms with Crippen molar-refractivity contribution in [2.45, 2.75) is 19.1 Å². The summed E-state index contributed by atoms with van der Waals surface area (Å²) >= 11 is 0. The summed E-state index contributed by atoms with van der Waals surface area (Å²) < 4.78 is 5.77. The van der Waals surface area contributed by atoms with Crippen molar-refractivity contribution in [3.63, 3.8) is 0 Å². The first-order valence-electron chi connectivity index (χ1n) is 8.45. The van der Waals surface area contributed by atoms with Gasteiger partial charge in [-0.15, -0.1) is 0 Å². The monoisotopic (exact) mass is 333 g/mol. The Hall–Kier alpha value is -2.79. The summed E-state index contributed by atoms with van der Waals surface area (Å²) in [5, 5.41) is 4.10. The van der Waals surface area contributed by atoms with E-state index in [-0.39, 0.29) is 17.9 Å². The number of amides is 1. The van der Waals surface area contributed by atoms with Crippen LogP contribution in [0.3, 0.4) is 0 Å². The smallest absolute Gasteiger partial charge is 0.226 e. The van der Waals surface area contributed by atoms with Gasteiger partial charge in [0.25, 0.3) is 0 Å². The first kappa shape index (κ1) is 15.7. The second kappa shape index (κ2) is 6.99. The molecule has 1 fully saturated rings. The number of pyridine rings is 2. The van der Waals surface area contributed by atoms with Crippen molar-refractivity contribution in [1.29, 1.82) is 0 Å². The molecule has 0 radical (unpaired) electrons. The normalized spacial score (nSPS) is 19.8. The number of hydrogen-bond donors (Lipinski definition) is 1. The molecule has 3 heterocycles. The molecular formula is C20H19N3O2. The van der Waals surface area contributed by atoms with Crippen LogP contribution in [0.5, 0.6) is 0 Å². The van der Waals surface area contributed by atoms with E-state index in [4.69, 9.17) is 4.74 Å². The van der Waals surface area contributed by atoms with Gasteiger partial charge in [-0.1, -0.05) is 30.3 Å². The molecule has 1 aromatic carbocycles. The maximum atomic E-state index is 12.6. The zero-order chi connectivity index (χ0) is 17.1. The maximum Gasteiger partial charge on any atom is 0.226 e. The van der Waals surface area contributed by atoms with E-state index < -0.39 is 0 Å². The second-order valence-corrected chi connectivity index (χ2v) is 6.19. The molecule has 4 rings (SSSR count). The molecule has 1 aliphatic heterocycles. The van der Waals surface area contributed by atoms with Crippen molar-refractivity contribution in [2.75, 3.05) is 6.61 Å². The van der Waals surface area contributed by atoms with Gasteiger partial charge in [0.05, 0.1) is 29.8 Å². The summed E-state index contributed by atoms with van der Waals surface area (Å²) in [6.07, 6.45) is 3.98. The van der Waals surface area contributed by atoms with Crippen LogP contribution in [-0.2, 0) is 16.1 Å². The van der Waals surface area contributed by atoms with Crippen LogP contribution < -0.4 is 5.32 Å². The van der Waals surface area contributed by atoms with E-state index in [9.17, 15) is 4.79 Å². The van der Waals surface area contributed by atoms with E-state index in [2.05, 4.69) is 15.3 Å². The van der Waals surface area contributed by atoms with Crippen LogP contribution in [0.15, 0.2) is 60.9 Å². The Morgan fingerprint density at radius 2 is 2.08 bits per heavy atom. The van der Waals surface area contributed by atoms with Gasteiger partial charge in [0, 0.05) is 24.4 Å². The number of benzene rings is 1. The Labute approximate surface area is 146 Å². The minimum Gasteiger partial charge on any atom is -0.373 e. The van der Waals surface area contributed by atoms with Gasteiger partial charge in [0.2, 0.25) is 5.91 Å². The first-order valence-corrected chi connectivity index (χ1v) is 8.45. The number of hydrogen-bond acceptors (Lipinski definition) is 4. The van der Waals surface area contributed by atoms with Gasteiger partial charge in [-0.05, 0) is 30.2 Å². The lowest BCUT2D eigenvalue weighted by atomic mass is 9.95. The Morgan fingerprint density at radius 3 is 2.96 bits per heavy atom. The largest absolute Gasteiger partial charge is 0.373 e. The third kappa shape index (κ3) is 3.37. The zero-order valence-electron chi connectivity index (χ0n) is 13.8. The van der Waals surface area contributed by atoms with E-state index in [0.29, 0.717) is 13.2 Å². The van der Waals surface area contributed by atoms with Crippen LogP contribution >= 0.6 is 0 Å². The number of rotatable bonds is 4. The molecule has 0 spiro atoms. The topological polar surface area (TPSA) is 64.1 Å². The van der Waals surface area contributed by atoms with Gasteiger partial charge in [0.1, 0.15) is 0 Å². The summed E-state index contributed by atoms with van der Waals surface area (Å²) in [6.45, 7) is 1.01. The average Bonchev–Trinajstić information content (AvgIpc) is 3.16. The number of para-hydroxylation sites is 1. The van der Waals surface area contributed by atoms with E-state index in [0.717, 1.165) is 28.6 Å². The molecule has 1 saturated heterocycles. The average molecular weight is 333 g/mol. The van der Waals surface area contributed by atoms with Crippen LogP contribution in [0.2, 0.25) is 0 Å². The number of carbonyl (C=O) groups is 1. The van der Waals surface area contributed by atoms with E-state index in [1.54, 1.807) is 12.4 Å². The van der Waals surface area contributed by atoms with E-state index >= 15 is 0 Å². The molecule has 1 N–H and O–H groups in total. The Balaban J connectivity index is 1.44. The highest BCUT2D eigenvalue weighted by Gasteiger charge is 2.35. The molecule has 0 aliphatic carbocycles. The highest BCUT2D eigenvalue weighted by molar-refractivity contribution is 5.80. The van der Waals surface area contributed by atoms with Crippen LogP contribution in [-0.4, -0.2) is 22.5 Å². The summed E-state index contributed by atoms with van der Waals surface area (Å²) in [4.78, 5) is 21.3. The molecular weight excluding hydrogens is 314 g/mol. The maximum absolute atomic E-state index is 12.6. The van der Waals surface area contributed by atoms with E-state index in [1.165, 1.54) is 0 Å². The van der Waals surface area contributed by atoms with Crippen molar-refractivity contribution in [1.82, 2.24) is 15.3 Å². The third-order valence-electron chi connectivity index (χ3n) is 4.54. The van der Waals surface area contributed by atoms with E-state index in [1.807, 2.05) is 48.5 Å². The molecule has 1 aliphatic rings. The highest BCUT2D eigenvalue weighted by Crippen LogP contribution is 2.34. The number of fused-ring (bicyclic) bond motifs is 1. The molecule has 1 amide bonds. The van der Waals surface area contributed by atoms with Gasteiger partial charge >= 0.3 is 0 Å². The molecule has 2 atom stereocenters. The third-order valence-corrected chi connectivity index (χ3v) is 4.54. The van der Waals surface area contributed by atoms with Gasteiger partial charge in [-0.25, -0.2) is 0 Å². The summed E-state index contributed by atoms with van der Waals surface area (Å²) in [5.41, 5.74) is 2.74. The number of ether oxygens (including phenoxy) is 1. The molecule has 2 aromatic heterocycles. The van der Waals surface area contributed by atoms with Gasteiger partial charge < -0.3 is 10.1 Å². The molecule has 5 nitrogen and oxygen atoms in total. The van der Waals surface area contributed by atoms with Gasteiger partial charge in [0.15, 0.2) is 0 Å². The summed E-state index contributed by atoms with van der Waals surface area (Å²) in [6, 6.07) is 15.8. The van der Waals surface area contributed by atoms with Crippen LogP contribution in [0.25, 0.3) is 10.9 Å². The molecule has 25 heavy (non-hydrogen) atoms. The fourth-order valence-corrected chi connectivity index (χ4v) is 3.25. The predicted molar refractivity (Wildman–Crippen MR) is 94.6 cm³/mol. The SMILES string of the molecule is O=C(NCc1ccc2ccccc2n1)[C@H]1CCO[C@@H]1c1cccnc1. The standard InChI is InChI=1S/C20H19N3O2/c24-20(17-9-11-25-19(17)15-5-3-10-21-12-15)22-13-16-8-7-14-4-1-2-6-18(14)23-16/h1-8,10,12,17,19H,9,11,13H2,(H,22,24)/t17-,19+/m0/s1.